The maximum Gasteiger partial charge on any atom is 0.221 e. The predicted molar refractivity (Wildman–Crippen MR) is 107 cm³/mol. The molecule has 3 heterocycles. The van der Waals surface area contributed by atoms with E-state index in [4.69, 9.17) is 4.74 Å². The number of carbonyl (C=O) groups is 1. The van der Waals surface area contributed by atoms with Crippen molar-refractivity contribution in [2.45, 2.75) is 13.3 Å². The van der Waals surface area contributed by atoms with Crippen LogP contribution in [0.15, 0.2) is 48.7 Å². The molecule has 1 aromatic carbocycles. The average Bonchev–Trinajstić information content (AvgIpc) is 2.99. The van der Waals surface area contributed by atoms with Gasteiger partial charge in [0.25, 0.3) is 0 Å². The first-order valence-electron chi connectivity index (χ1n) is 9.07. The number of ketones is 1. The van der Waals surface area contributed by atoms with Gasteiger partial charge in [0.1, 0.15) is 28.7 Å². The zero-order chi connectivity index (χ0) is 21.3. The Morgan fingerprint density at radius 3 is 2.73 bits per heavy atom. The third kappa shape index (κ3) is 4.09. The van der Waals surface area contributed by atoms with Crippen LogP contribution in [-0.2, 0) is 18.3 Å². The number of Topliss-reactive ketones (excluding diaryl/α,β-unsaturated/α-hetero) is 1. The molecule has 0 atom stereocenters. The van der Waals surface area contributed by atoms with Crippen LogP contribution in [0.5, 0.6) is 11.6 Å². The Hall–Kier alpha value is -3.88. The number of nitrogens with zero attached hydrogens (tertiary/aromatic N) is 4. The lowest BCUT2D eigenvalue weighted by atomic mass is 10.2. The van der Waals surface area contributed by atoms with E-state index in [0.717, 1.165) is 12.1 Å². The predicted octanol–water partition coefficient (Wildman–Crippen LogP) is 4.31. The molecule has 0 aliphatic carbocycles. The number of benzene rings is 1. The number of anilines is 2. The van der Waals surface area contributed by atoms with Crippen molar-refractivity contribution < 1.29 is 18.3 Å². The molecule has 0 aliphatic heterocycles. The maximum atomic E-state index is 13.9. The number of hydrogen-bond acceptors (Lipinski definition) is 6. The molecular weight excluding hydrogens is 392 g/mol. The average molecular weight is 409 g/mol. The number of aryl methyl sites for hydroxylation is 1. The summed E-state index contributed by atoms with van der Waals surface area (Å²) < 4.78 is 34.5. The molecule has 0 aliphatic rings. The zero-order valence-electron chi connectivity index (χ0n) is 16.2. The minimum atomic E-state index is -0.724. The van der Waals surface area contributed by atoms with E-state index in [1.54, 1.807) is 42.1 Å². The fraction of sp³-hybridized carbons (Fsp3) is 0.143. The fourth-order valence-corrected chi connectivity index (χ4v) is 2.92. The lowest BCUT2D eigenvalue weighted by Gasteiger charge is -2.08. The smallest absolute Gasteiger partial charge is 0.221 e. The van der Waals surface area contributed by atoms with Crippen molar-refractivity contribution in [2.75, 3.05) is 5.32 Å². The molecule has 0 saturated carbocycles. The summed E-state index contributed by atoms with van der Waals surface area (Å²) in [6.45, 7) is 1.50. The second kappa shape index (κ2) is 7.86. The topological polar surface area (TPSA) is 81.9 Å². The van der Waals surface area contributed by atoms with Gasteiger partial charge in [-0.15, -0.1) is 0 Å². The van der Waals surface area contributed by atoms with Gasteiger partial charge in [-0.05, 0) is 31.2 Å². The van der Waals surface area contributed by atoms with Gasteiger partial charge in [0.2, 0.25) is 11.8 Å². The number of ether oxygens (including phenoxy) is 1. The van der Waals surface area contributed by atoms with Crippen molar-refractivity contribution in [2.24, 2.45) is 7.05 Å². The number of nitrogens with one attached hydrogen (secondary N) is 1. The summed E-state index contributed by atoms with van der Waals surface area (Å²) in [7, 11) is 1.72. The number of hydrogen-bond donors (Lipinski definition) is 1. The van der Waals surface area contributed by atoms with Gasteiger partial charge < -0.3 is 10.1 Å². The molecule has 0 amide bonds. The van der Waals surface area contributed by atoms with E-state index in [9.17, 15) is 13.6 Å². The van der Waals surface area contributed by atoms with Crippen LogP contribution >= 0.6 is 0 Å². The number of aromatic nitrogens is 4. The fourth-order valence-electron chi connectivity index (χ4n) is 2.92. The summed E-state index contributed by atoms with van der Waals surface area (Å²) >= 11 is 0. The molecular formula is C21H17F2N5O2. The van der Waals surface area contributed by atoms with Gasteiger partial charge in [-0.2, -0.15) is 4.98 Å². The normalized spacial score (nSPS) is 10.9. The Morgan fingerprint density at radius 2 is 1.97 bits per heavy atom. The summed E-state index contributed by atoms with van der Waals surface area (Å²) in [6.07, 6.45) is 1.79. The van der Waals surface area contributed by atoms with Gasteiger partial charge in [0, 0.05) is 37.9 Å². The molecule has 152 valence electrons. The van der Waals surface area contributed by atoms with Crippen LogP contribution in [0, 0.1) is 11.6 Å². The highest BCUT2D eigenvalue weighted by atomic mass is 19.1. The molecule has 30 heavy (non-hydrogen) atoms. The van der Waals surface area contributed by atoms with Gasteiger partial charge in [0.05, 0.1) is 11.4 Å². The van der Waals surface area contributed by atoms with Crippen LogP contribution < -0.4 is 10.1 Å². The van der Waals surface area contributed by atoms with Crippen LogP contribution in [0.4, 0.5) is 20.4 Å². The van der Waals surface area contributed by atoms with E-state index in [1.165, 1.54) is 13.0 Å². The van der Waals surface area contributed by atoms with Crippen LogP contribution in [0.3, 0.4) is 0 Å². The van der Waals surface area contributed by atoms with E-state index in [0.29, 0.717) is 34.4 Å². The maximum absolute atomic E-state index is 13.9. The Morgan fingerprint density at radius 1 is 1.13 bits per heavy atom. The van der Waals surface area contributed by atoms with E-state index in [2.05, 4.69) is 20.3 Å². The SMILES string of the molecule is CC(=O)Cc1cc(Oc2ccc3nc(Nc4ccc(F)cc4F)n(C)c3n2)ccn1. The first-order valence-corrected chi connectivity index (χ1v) is 9.07. The van der Waals surface area contributed by atoms with Crippen molar-refractivity contribution in [1.82, 2.24) is 19.5 Å². The van der Waals surface area contributed by atoms with E-state index >= 15 is 0 Å². The summed E-state index contributed by atoms with van der Waals surface area (Å²) in [6, 6.07) is 9.99. The molecule has 0 saturated heterocycles. The molecule has 7 nitrogen and oxygen atoms in total. The minimum Gasteiger partial charge on any atom is -0.439 e. The molecule has 0 spiro atoms. The summed E-state index contributed by atoms with van der Waals surface area (Å²) in [5.41, 5.74) is 1.79. The highest BCUT2D eigenvalue weighted by Crippen LogP contribution is 2.26. The van der Waals surface area contributed by atoms with E-state index < -0.39 is 11.6 Å². The van der Waals surface area contributed by atoms with Crippen molar-refractivity contribution in [1.29, 1.82) is 0 Å². The number of fused-ring (bicyclic) bond motifs is 1. The summed E-state index contributed by atoms with van der Waals surface area (Å²) in [4.78, 5) is 24.3. The molecule has 0 radical (unpaired) electrons. The van der Waals surface area contributed by atoms with Crippen molar-refractivity contribution in [3.63, 3.8) is 0 Å². The molecule has 4 rings (SSSR count). The number of imidazole rings is 1. The number of carbonyl (C=O) groups excluding carboxylic acids is 1. The highest BCUT2D eigenvalue weighted by molar-refractivity contribution is 5.78. The van der Waals surface area contributed by atoms with Crippen LogP contribution in [-0.4, -0.2) is 25.3 Å². The summed E-state index contributed by atoms with van der Waals surface area (Å²) in [5, 5.41) is 2.84. The molecule has 4 aromatic rings. The third-order valence-electron chi connectivity index (χ3n) is 4.31. The zero-order valence-corrected chi connectivity index (χ0v) is 16.2. The molecule has 0 unspecified atom stereocenters. The van der Waals surface area contributed by atoms with Gasteiger partial charge in [-0.1, -0.05) is 0 Å². The van der Waals surface area contributed by atoms with Crippen molar-refractivity contribution in [3.05, 3.63) is 66.0 Å². The number of halogens is 2. The van der Waals surface area contributed by atoms with Gasteiger partial charge >= 0.3 is 0 Å². The number of pyridine rings is 2. The van der Waals surface area contributed by atoms with Gasteiger partial charge in [-0.25, -0.2) is 13.8 Å². The van der Waals surface area contributed by atoms with Crippen molar-refractivity contribution in [3.8, 4) is 11.6 Å². The van der Waals surface area contributed by atoms with Crippen LogP contribution in [0.1, 0.15) is 12.6 Å². The lowest BCUT2D eigenvalue weighted by molar-refractivity contribution is -0.116. The molecule has 0 bridgehead atoms. The first kappa shape index (κ1) is 19.4. The van der Waals surface area contributed by atoms with Crippen molar-refractivity contribution >= 4 is 28.6 Å². The first-order chi connectivity index (χ1) is 14.4. The minimum absolute atomic E-state index is 0.00620. The highest BCUT2D eigenvalue weighted by Gasteiger charge is 2.13. The third-order valence-corrected chi connectivity index (χ3v) is 4.31. The van der Waals surface area contributed by atoms with Gasteiger partial charge in [-0.3, -0.25) is 14.3 Å². The number of rotatable bonds is 6. The largest absolute Gasteiger partial charge is 0.439 e. The molecule has 0 fully saturated rings. The Kier molecular flexibility index (Phi) is 5.09. The monoisotopic (exact) mass is 409 g/mol. The molecule has 3 aromatic heterocycles. The molecule has 1 N–H and O–H groups in total. The van der Waals surface area contributed by atoms with E-state index in [-0.39, 0.29) is 17.9 Å². The standard InChI is InChI=1S/C21H17F2N5O2/c1-12(29)9-14-11-15(7-8-24-14)30-19-6-5-18-20(27-19)28(2)21(26-18)25-17-4-3-13(22)10-16(17)23/h3-8,10-11H,9H2,1-2H3,(H,25,26). The Balaban J connectivity index is 1.60. The van der Waals surface area contributed by atoms with Crippen LogP contribution in [0.25, 0.3) is 11.2 Å². The van der Waals surface area contributed by atoms with Gasteiger partial charge in [0.15, 0.2) is 5.65 Å². The second-order valence-electron chi connectivity index (χ2n) is 6.70. The van der Waals surface area contributed by atoms with E-state index in [1.807, 2.05) is 0 Å². The summed E-state index contributed by atoms with van der Waals surface area (Å²) in [5.74, 6) is -0.210. The lowest BCUT2D eigenvalue weighted by Crippen LogP contribution is -2.02. The second-order valence-corrected chi connectivity index (χ2v) is 6.70. The van der Waals surface area contributed by atoms with Crippen LogP contribution in [0.2, 0.25) is 0 Å². The Labute approximate surface area is 170 Å². The molecule has 9 heteroatoms. The Bertz CT molecular complexity index is 1260. The quantitative estimate of drug-likeness (QED) is 0.511.